The fourth-order valence-electron chi connectivity index (χ4n) is 0.790. The lowest BCUT2D eigenvalue weighted by atomic mass is 10.3. The molecular weight excluding hydrogens is 160 g/mol. The van der Waals surface area contributed by atoms with Crippen molar-refractivity contribution >= 4 is 0 Å². The molecule has 0 aliphatic rings. The number of nitrogens with one attached hydrogen (secondary N) is 1. The predicted molar refractivity (Wildman–Crippen MR) is 42.0 cm³/mol. The monoisotopic (exact) mass is 170 g/mol. The summed E-state index contributed by atoms with van der Waals surface area (Å²) in [6, 6.07) is 0. The van der Waals surface area contributed by atoms with E-state index in [9.17, 15) is 4.79 Å². The Morgan fingerprint density at radius 3 is 2.75 bits per heavy atom. The number of rotatable bonds is 2. The predicted octanol–water partition coefficient (Wildman–Crippen LogP) is -0.681. The molecule has 0 saturated heterocycles. The molecular formula is C7H10N2O3. The molecule has 1 rings (SSSR count). The summed E-state index contributed by atoms with van der Waals surface area (Å²) in [6.07, 6.45) is 0.239. The van der Waals surface area contributed by atoms with Crippen LogP contribution in [-0.2, 0) is 6.42 Å². The molecule has 0 aliphatic carbocycles. The molecule has 0 radical (unpaired) electrons. The van der Waals surface area contributed by atoms with Crippen molar-refractivity contribution in [2.75, 3.05) is 6.61 Å². The van der Waals surface area contributed by atoms with Crippen LogP contribution < -0.4 is 5.56 Å². The SMILES string of the molecule is Cc1c(O)nc(CCO)[nH]c1=O. The van der Waals surface area contributed by atoms with E-state index in [1.807, 2.05) is 0 Å². The molecule has 0 atom stereocenters. The van der Waals surface area contributed by atoms with E-state index >= 15 is 0 Å². The number of aromatic hydroxyl groups is 1. The highest BCUT2D eigenvalue weighted by molar-refractivity contribution is 5.20. The standard InChI is InChI=1S/C7H10N2O3/c1-4-6(11)8-5(2-3-10)9-7(4)12/h10H,2-3H2,1H3,(H2,8,9,11,12). The van der Waals surface area contributed by atoms with Crippen molar-refractivity contribution in [3.8, 4) is 5.88 Å². The number of aliphatic hydroxyl groups excluding tert-OH is 1. The maximum Gasteiger partial charge on any atom is 0.257 e. The maximum atomic E-state index is 11.0. The Hall–Kier alpha value is -1.36. The zero-order chi connectivity index (χ0) is 9.14. The van der Waals surface area contributed by atoms with Gasteiger partial charge in [0, 0.05) is 6.42 Å². The Balaban J connectivity index is 3.13. The number of hydrogen-bond donors (Lipinski definition) is 3. The third kappa shape index (κ3) is 1.62. The van der Waals surface area contributed by atoms with E-state index in [1.54, 1.807) is 0 Å². The summed E-state index contributed by atoms with van der Waals surface area (Å²) >= 11 is 0. The van der Waals surface area contributed by atoms with Crippen LogP contribution in [0.1, 0.15) is 11.4 Å². The van der Waals surface area contributed by atoms with E-state index in [0.29, 0.717) is 5.82 Å². The van der Waals surface area contributed by atoms with Gasteiger partial charge in [-0.05, 0) is 6.92 Å². The fraction of sp³-hybridized carbons (Fsp3) is 0.429. The molecule has 1 heterocycles. The van der Waals surface area contributed by atoms with Crippen LogP contribution >= 0.6 is 0 Å². The maximum absolute atomic E-state index is 11.0. The van der Waals surface area contributed by atoms with Crippen molar-refractivity contribution in [2.24, 2.45) is 0 Å². The topological polar surface area (TPSA) is 86.2 Å². The largest absolute Gasteiger partial charge is 0.493 e. The van der Waals surface area contributed by atoms with Gasteiger partial charge in [0.1, 0.15) is 5.82 Å². The van der Waals surface area contributed by atoms with Crippen LogP contribution in [0.3, 0.4) is 0 Å². The van der Waals surface area contributed by atoms with Gasteiger partial charge in [-0.2, -0.15) is 4.98 Å². The number of aliphatic hydroxyl groups is 1. The molecule has 0 aliphatic heterocycles. The van der Waals surface area contributed by atoms with Gasteiger partial charge in [-0.15, -0.1) is 0 Å². The lowest BCUT2D eigenvalue weighted by molar-refractivity contribution is 0.295. The van der Waals surface area contributed by atoms with Crippen molar-refractivity contribution in [1.82, 2.24) is 9.97 Å². The van der Waals surface area contributed by atoms with Gasteiger partial charge < -0.3 is 15.2 Å². The van der Waals surface area contributed by atoms with Crippen LogP contribution in [0.25, 0.3) is 0 Å². The van der Waals surface area contributed by atoms with Crippen molar-refractivity contribution in [2.45, 2.75) is 13.3 Å². The number of aromatic nitrogens is 2. The van der Waals surface area contributed by atoms with Crippen molar-refractivity contribution in [3.05, 3.63) is 21.7 Å². The average Bonchev–Trinajstić information content (AvgIpc) is 2.01. The van der Waals surface area contributed by atoms with E-state index in [1.165, 1.54) is 6.92 Å². The van der Waals surface area contributed by atoms with Gasteiger partial charge in [-0.25, -0.2) is 0 Å². The van der Waals surface area contributed by atoms with Gasteiger partial charge in [0.15, 0.2) is 0 Å². The molecule has 0 aromatic carbocycles. The molecule has 0 unspecified atom stereocenters. The number of hydrogen-bond acceptors (Lipinski definition) is 4. The molecule has 66 valence electrons. The van der Waals surface area contributed by atoms with Crippen molar-refractivity contribution in [1.29, 1.82) is 0 Å². The second kappa shape index (κ2) is 3.36. The second-order valence-electron chi connectivity index (χ2n) is 2.43. The van der Waals surface area contributed by atoms with Gasteiger partial charge >= 0.3 is 0 Å². The van der Waals surface area contributed by atoms with Crippen LogP contribution in [0, 0.1) is 6.92 Å². The summed E-state index contributed by atoms with van der Waals surface area (Å²) in [4.78, 5) is 17.1. The second-order valence-corrected chi connectivity index (χ2v) is 2.43. The molecule has 0 bridgehead atoms. The quantitative estimate of drug-likeness (QED) is 0.548. The Labute approximate surface area is 68.7 Å². The molecule has 5 nitrogen and oxygen atoms in total. The summed E-state index contributed by atoms with van der Waals surface area (Å²) in [7, 11) is 0. The number of nitrogens with zero attached hydrogens (tertiary/aromatic N) is 1. The van der Waals surface area contributed by atoms with E-state index in [0.717, 1.165) is 0 Å². The molecule has 0 amide bonds. The van der Waals surface area contributed by atoms with Gasteiger partial charge in [0.2, 0.25) is 5.88 Å². The Bertz CT molecular complexity index is 332. The zero-order valence-corrected chi connectivity index (χ0v) is 6.66. The molecule has 5 heteroatoms. The van der Waals surface area contributed by atoms with Gasteiger partial charge in [-0.1, -0.05) is 0 Å². The summed E-state index contributed by atoms with van der Waals surface area (Å²) in [5.74, 6) is 0.0211. The highest BCUT2D eigenvalue weighted by Crippen LogP contribution is 2.05. The summed E-state index contributed by atoms with van der Waals surface area (Å²) in [5, 5.41) is 17.6. The first-order valence-corrected chi connectivity index (χ1v) is 3.54. The number of aromatic amines is 1. The first-order valence-electron chi connectivity index (χ1n) is 3.54. The summed E-state index contributed by atoms with van der Waals surface area (Å²) in [5.41, 5.74) is -0.178. The molecule has 1 aromatic heterocycles. The fourth-order valence-corrected chi connectivity index (χ4v) is 0.790. The summed E-state index contributed by atoms with van der Waals surface area (Å²) in [6.45, 7) is 1.37. The van der Waals surface area contributed by atoms with E-state index in [2.05, 4.69) is 9.97 Å². The van der Waals surface area contributed by atoms with Crippen LogP contribution in [0.5, 0.6) is 5.88 Å². The molecule has 0 fully saturated rings. The lowest BCUT2D eigenvalue weighted by Gasteiger charge is -1.99. The third-order valence-corrected chi connectivity index (χ3v) is 1.52. The van der Waals surface area contributed by atoms with Crippen LogP contribution in [-0.4, -0.2) is 26.8 Å². The van der Waals surface area contributed by atoms with Crippen molar-refractivity contribution < 1.29 is 10.2 Å². The first-order chi connectivity index (χ1) is 5.65. The minimum atomic E-state index is -0.369. The smallest absolute Gasteiger partial charge is 0.257 e. The van der Waals surface area contributed by atoms with Crippen molar-refractivity contribution in [3.63, 3.8) is 0 Å². The van der Waals surface area contributed by atoms with E-state index in [4.69, 9.17) is 10.2 Å². The highest BCUT2D eigenvalue weighted by atomic mass is 16.3. The molecule has 3 N–H and O–H groups in total. The average molecular weight is 170 g/mol. The highest BCUT2D eigenvalue weighted by Gasteiger charge is 2.04. The first kappa shape index (κ1) is 8.73. The minimum Gasteiger partial charge on any atom is -0.493 e. The molecule has 0 spiro atoms. The number of H-pyrrole nitrogens is 1. The van der Waals surface area contributed by atoms with Crippen LogP contribution in [0.15, 0.2) is 4.79 Å². The molecule has 1 aromatic rings. The minimum absolute atomic E-state index is 0.106. The van der Waals surface area contributed by atoms with Gasteiger partial charge in [-0.3, -0.25) is 4.79 Å². The van der Waals surface area contributed by atoms with Gasteiger partial charge in [0.05, 0.1) is 12.2 Å². The van der Waals surface area contributed by atoms with Gasteiger partial charge in [0.25, 0.3) is 5.56 Å². The van der Waals surface area contributed by atoms with E-state index in [-0.39, 0.29) is 30.0 Å². The zero-order valence-electron chi connectivity index (χ0n) is 6.66. The van der Waals surface area contributed by atoms with E-state index < -0.39 is 0 Å². The van der Waals surface area contributed by atoms with Crippen LogP contribution in [0.4, 0.5) is 0 Å². The Morgan fingerprint density at radius 2 is 2.25 bits per heavy atom. The normalized spacial score (nSPS) is 10.2. The third-order valence-electron chi connectivity index (χ3n) is 1.52. The van der Waals surface area contributed by atoms with Crippen LogP contribution in [0.2, 0.25) is 0 Å². The lowest BCUT2D eigenvalue weighted by Crippen LogP contribution is -2.14. The molecule has 0 saturated carbocycles. The summed E-state index contributed by atoms with van der Waals surface area (Å²) < 4.78 is 0. The Morgan fingerprint density at radius 1 is 1.58 bits per heavy atom. The molecule has 12 heavy (non-hydrogen) atoms. The Kier molecular flexibility index (Phi) is 2.44.